The molecule has 1 fully saturated rings. The lowest BCUT2D eigenvalue weighted by Crippen LogP contribution is -2.38. The number of piperidine rings is 1. The van der Waals surface area contributed by atoms with E-state index in [0.717, 1.165) is 25.9 Å². The van der Waals surface area contributed by atoms with Gasteiger partial charge in [0.05, 0.1) is 0 Å². The summed E-state index contributed by atoms with van der Waals surface area (Å²) >= 11 is 0. The summed E-state index contributed by atoms with van der Waals surface area (Å²) in [5, 5.41) is 10.4. The first kappa shape index (κ1) is 17.7. The molecule has 0 amide bonds. The Bertz CT molecular complexity index is 738. The number of anilines is 2. The second-order valence-electron chi connectivity index (χ2n) is 7.39. The predicted octanol–water partition coefficient (Wildman–Crippen LogP) is 3.34. The summed E-state index contributed by atoms with van der Waals surface area (Å²) < 4.78 is 26.3. The van der Waals surface area contributed by atoms with Crippen molar-refractivity contribution in [1.82, 2.24) is 20.3 Å². The summed E-state index contributed by atoms with van der Waals surface area (Å²) in [6, 6.07) is 1.61. The quantitative estimate of drug-likeness (QED) is 0.785. The fourth-order valence-electron chi connectivity index (χ4n) is 2.84. The summed E-state index contributed by atoms with van der Waals surface area (Å²) in [6.45, 7) is 7.73. The predicted molar refractivity (Wildman–Crippen MR) is 95.2 cm³/mol. The molecule has 3 heterocycles. The van der Waals surface area contributed by atoms with Crippen molar-refractivity contribution in [2.45, 2.75) is 51.6 Å². The van der Waals surface area contributed by atoms with Crippen LogP contribution in [0.2, 0.25) is 0 Å². The summed E-state index contributed by atoms with van der Waals surface area (Å²) in [4.78, 5) is 12.9. The van der Waals surface area contributed by atoms with E-state index in [0.29, 0.717) is 22.7 Å². The smallest absolute Gasteiger partial charge is 0.280 e. The summed E-state index contributed by atoms with van der Waals surface area (Å²) in [5.74, 6) is 0.845. The Labute approximate surface area is 145 Å². The van der Waals surface area contributed by atoms with Gasteiger partial charge in [0.2, 0.25) is 5.95 Å². The van der Waals surface area contributed by atoms with E-state index in [2.05, 4.69) is 30.9 Å². The van der Waals surface area contributed by atoms with Gasteiger partial charge in [-0.05, 0) is 46.2 Å². The average molecular weight is 350 g/mol. The van der Waals surface area contributed by atoms with E-state index < -0.39 is 6.43 Å². The van der Waals surface area contributed by atoms with E-state index in [-0.39, 0.29) is 17.3 Å². The van der Waals surface area contributed by atoms with Gasteiger partial charge in [0.1, 0.15) is 11.2 Å². The molecule has 25 heavy (non-hydrogen) atoms. The van der Waals surface area contributed by atoms with Crippen molar-refractivity contribution in [3.63, 3.8) is 0 Å². The Morgan fingerprint density at radius 3 is 2.72 bits per heavy atom. The van der Waals surface area contributed by atoms with Crippen molar-refractivity contribution in [3.8, 4) is 0 Å². The molecule has 0 aliphatic carbocycles. The molecule has 2 aromatic heterocycles. The maximum Gasteiger partial charge on any atom is 0.280 e. The lowest BCUT2D eigenvalue weighted by atomic mass is 10.1. The van der Waals surface area contributed by atoms with Crippen molar-refractivity contribution >= 4 is 22.7 Å². The van der Waals surface area contributed by atoms with E-state index in [1.165, 1.54) is 6.07 Å². The van der Waals surface area contributed by atoms with Crippen molar-refractivity contribution < 1.29 is 8.78 Å². The first-order valence-electron chi connectivity index (χ1n) is 8.53. The number of hydrogen-bond acceptors (Lipinski definition) is 6. The molecular formula is C17H24F2N6. The van der Waals surface area contributed by atoms with Gasteiger partial charge in [0, 0.05) is 29.7 Å². The molecule has 0 aromatic carbocycles. The molecule has 3 rings (SSSR count). The van der Waals surface area contributed by atoms with Crippen LogP contribution < -0.4 is 16.0 Å². The molecule has 0 bridgehead atoms. The highest BCUT2D eigenvalue weighted by molar-refractivity contribution is 5.89. The largest absolute Gasteiger partial charge is 0.364 e. The zero-order valence-electron chi connectivity index (χ0n) is 14.7. The minimum atomic E-state index is -2.64. The molecule has 1 atom stereocenters. The van der Waals surface area contributed by atoms with Crippen LogP contribution in [-0.2, 0) is 0 Å². The number of rotatable bonds is 4. The maximum atomic E-state index is 13.1. The minimum Gasteiger partial charge on any atom is -0.364 e. The average Bonchev–Trinajstić information content (AvgIpc) is 2.54. The topological polar surface area (TPSA) is 74.8 Å². The third kappa shape index (κ3) is 4.50. The molecule has 136 valence electrons. The van der Waals surface area contributed by atoms with Crippen LogP contribution in [0.3, 0.4) is 0 Å². The Hall–Kier alpha value is -2.09. The van der Waals surface area contributed by atoms with Gasteiger partial charge < -0.3 is 16.0 Å². The van der Waals surface area contributed by atoms with E-state index in [9.17, 15) is 8.78 Å². The summed E-state index contributed by atoms with van der Waals surface area (Å²) in [5.41, 5.74) is -0.0624. The van der Waals surface area contributed by atoms with Gasteiger partial charge in [0.15, 0.2) is 5.82 Å². The van der Waals surface area contributed by atoms with Crippen LogP contribution in [0.15, 0.2) is 12.3 Å². The van der Waals surface area contributed by atoms with Crippen molar-refractivity contribution in [3.05, 3.63) is 18.0 Å². The molecule has 3 N–H and O–H groups in total. The number of halogens is 2. The monoisotopic (exact) mass is 350 g/mol. The first-order valence-corrected chi connectivity index (χ1v) is 8.53. The van der Waals surface area contributed by atoms with Gasteiger partial charge in [-0.1, -0.05) is 0 Å². The van der Waals surface area contributed by atoms with Crippen LogP contribution in [0.5, 0.6) is 0 Å². The van der Waals surface area contributed by atoms with Gasteiger partial charge in [0.25, 0.3) is 6.43 Å². The van der Waals surface area contributed by atoms with E-state index >= 15 is 0 Å². The van der Waals surface area contributed by atoms with E-state index in [1.54, 1.807) is 6.20 Å². The van der Waals surface area contributed by atoms with Crippen LogP contribution in [0, 0.1) is 0 Å². The number of hydrogen-bond donors (Lipinski definition) is 3. The van der Waals surface area contributed by atoms with Crippen LogP contribution >= 0.6 is 0 Å². The molecule has 8 heteroatoms. The second kappa shape index (κ2) is 7.03. The number of nitrogens with zero attached hydrogens (tertiary/aromatic N) is 3. The van der Waals surface area contributed by atoms with Crippen LogP contribution in [-0.4, -0.2) is 39.6 Å². The fourth-order valence-corrected chi connectivity index (χ4v) is 2.84. The lowest BCUT2D eigenvalue weighted by molar-refractivity contribution is 0.146. The normalized spacial score (nSPS) is 18.6. The fraction of sp³-hybridized carbons (Fsp3) is 0.588. The minimum absolute atomic E-state index is 0.263. The van der Waals surface area contributed by atoms with Gasteiger partial charge in [-0.25, -0.2) is 23.7 Å². The third-order valence-electron chi connectivity index (χ3n) is 3.93. The third-order valence-corrected chi connectivity index (χ3v) is 3.93. The Kier molecular flexibility index (Phi) is 4.99. The highest BCUT2D eigenvalue weighted by Gasteiger charge is 2.20. The highest BCUT2D eigenvalue weighted by Crippen LogP contribution is 2.28. The second-order valence-corrected chi connectivity index (χ2v) is 7.39. The van der Waals surface area contributed by atoms with Crippen molar-refractivity contribution in [1.29, 1.82) is 0 Å². The Balaban J connectivity index is 1.97. The summed E-state index contributed by atoms with van der Waals surface area (Å²) in [6.07, 6.45) is 1.07. The summed E-state index contributed by atoms with van der Waals surface area (Å²) in [7, 11) is 0. The molecule has 1 aliphatic rings. The van der Waals surface area contributed by atoms with Crippen molar-refractivity contribution in [2.24, 2.45) is 0 Å². The zero-order chi connectivity index (χ0) is 18.0. The van der Waals surface area contributed by atoms with Gasteiger partial charge in [-0.3, -0.25) is 0 Å². The Morgan fingerprint density at radius 1 is 1.28 bits per heavy atom. The molecule has 0 radical (unpaired) electrons. The van der Waals surface area contributed by atoms with Crippen LogP contribution in [0.1, 0.15) is 45.7 Å². The van der Waals surface area contributed by atoms with Gasteiger partial charge >= 0.3 is 0 Å². The number of nitrogens with one attached hydrogen (secondary N) is 3. The molecule has 0 unspecified atom stereocenters. The Morgan fingerprint density at radius 2 is 2.08 bits per heavy atom. The van der Waals surface area contributed by atoms with E-state index in [4.69, 9.17) is 0 Å². The molecule has 2 aromatic rings. The molecular weight excluding hydrogens is 326 g/mol. The molecule has 1 aliphatic heterocycles. The van der Waals surface area contributed by atoms with Gasteiger partial charge in [-0.2, -0.15) is 0 Å². The number of pyridine rings is 1. The lowest BCUT2D eigenvalue weighted by Gasteiger charge is -2.24. The van der Waals surface area contributed by atoms with Crippen molar-refractivity contribution in [2.75, 3.05) is 23.7 Å². The number of aromatic nitrogens is 3. The zero-order valence-corrected chi connectivity index (χ0v) is 14.7. The van der Waals surface area contributed by atoms with E-state index in [1.807, 2.05) is 20.8 Å². The molecule has 1 saturated heterocycles. The molecule has 6 nitrogen and oxygen atoms in total. The van der Waals surface area contributed by atoms with Gasteiger partial charge in [-0.15, -0.1) is 0 Å². The maximum absolute atomic E-state index is 13.1. The molecule has 0 saturated carbocycles. The highest BCUT2D eigenvalue weighted by atomic mass is 19.3. The van der Waals surface area contributed by atoms with Crippen LogP contribution in [0.4, 0.5) is 20.5 Å². The SMILES string of the molecule is CC(C)(C)Nc1nc(C(F)F)cc2cnc(N[C@H]3CCCNC3)nc12. The first-order chi connectivity index (χ1) is 11.8. The van der Waals surface area contributed by atoms with Crippen LogP contribution in [0.25, 0.3) is 10.9 Å². The number of alkyl halides is 2. The molecule has 0 spiro atoms. The standard InChI is InChI=1S/C17H24F2N6/c1-17(2,3)25-15-13-10(7-12(23-15)14(18)19)8-21-16(24-13)22-11-5-4-6-20-9-11/h7-8,11,14,20H,4-6,9H2,1-3H3,(H,23,25)(H,21,22,24)/t11-/m0/s1. The number of fused-ring (bicyclic) bond motifs is 1.